The highest BCUT2D eigenvalue weighted by molar-refractivity contribution is 9.10. The molecular formula is C16H16BrNO3. The minimum atomic E-state index is -0.173. The van der Waals surface area contributed by atoms with Crippen molar-refractivity contribution in [3.63, 3.8) is 0 Å². The number of carbonyl (C=O) groups excluding carboxylic acids is 1. The van der Waals surface area contributed by atoms with Crippen LogP contribution in [-0.2, 0) is 11.2 Å². The van der Waals surface area contributed by atoms with Crippen LogP contribution in [0.4, 0.5) is 5.69 Å². The molecule has 0 saturated carbocycles. The Labute approximate surface area is 131 Å². The topological polar surface area (TPSA) is 58.6 Å². The number of ether oxygens (including phenoxy) is 1. The fourth-order valence-corrected chi connectivity index (χ4v) is 2.41. The number of anilines is 1. The lowest BCUT2D eigenvalue weighted by molar-refractivity contribution is -0.114. The molecule has 2 N–H and O–H groups in total. The predicted octanol–water partition coefficient (Wildman–Crippen LogP) is 3.71. The van der Waals surface area contributed by atoms with E-state index in [1.165, 1.54) is 6.92 Å². The molecular weight excluding hydrogens is 334 g/mol. The lowest BCUT2D eigenvalue weighted by Gasteiger charge is -2.12. The molecule has 0 spiro atoms. The van der Waals surface area contributed by atoms with Gasteiger partial charge in [-0.15, -0.1) is 0 Å². The fraction of sp³-hybridized carbons (Fsp3) is 0.188. The van der Waals surface area contributed by atoms with Crippen molar-refractivity contribution in [1.82, 2.24) is 0 Å². The van der Waals surface area contributed by atoms with E-state index < -0.39 is 0 Å². The van der Waals surface area contributed by atoms with E-state index in [4.69, 9.17) is 4.74 Å². The summed E-state index contributed by atoms with van der Waals surface area (Å²) in [5, 5.41) is 12.5. The summed E-state index contributed by atoms with van der Waals surface area (Å²) in [4.78, 5) is 11.3. The van der Waals surface area contributed by atoms with Crippen molar-refractivity contribution in [3.8, 4) is 11.5 Å². The van der Waals surface area contributed by atoms with E-state index in [0.717, 1.165) is 16.9 Å². The Morgan fingerprint density at radius 1 is 1.29 bits per heavy atom. The number of halogens is 1. The van der Waals surface area contributed by atoms with Gasteiger partial charge in [0.15, 0.2) is 0 Å². The first-order valence-electron chi connectivity index (χ1n) is 6.41. The van der Waals surface area contributed by atoms with Gasteiger partial charge in [-0.3, -0.25) is 4.79 Å². The number of aromatic hydroxyl groups is 1. The SMILES string of the molecule is COc1ccc(Cc2cc(Br)c(O)cc2NC(C)=O)cc1. The summed E-state index contributed by atoms with van der Waals surface area (Å²) in [6.45, 7) is 1.44. The van der Waals surface area contributed by atoms with Crippen molar-refractivity contribution in [2.75, 3.05) is 12.4 Å². The van der Waals surface area contributed by atoms with Crippen LogP contribution < -0.4 is 10.1 Å². The molecule has 21 heavy (non-hydrogen) atoms. The molecule has 0 aliphatic carbocycles. The maximum atomic E-state index is 11.3. The summed E-state index contributed by atoms with van der Waals surface area (Å²) in [5.41, 5.74) is 2.61. The number of phenols is 1. The van der Waals surface area contributed by atoms with E-state index in [2.05, 4.69) is 21.2 Å². The summed E-state index contributed by atoms with van der Waals surface area (Å²) in [5.74, 6) is 0.720. The fourth-order valence-electron chi connectivity index (χ4n) is 2.02. The maximum absolute atomic E-state index is 11.3. The highest BCUT2D eigenvalue weighted by atomic mass is 79.9. The molecule has 0 unspecified atom stereocenters. The number of rotatable bonds is 4. The maximum Gasteiger partial charge on any atom is 0.221 e. The van der Waals surface area contributed by atoms with Crippen molar-refractivity contribution in [2.24, 2.45) is 0 Å². The van der Waals surface area contributed by atoms with Gasteiger partial charge in [-0.1, -0.05) is 12.1 Å². The highest BCUT2D eigenvalue weighted by Gasteiger charge is 2.10. The van der Waals surface area contributed by atoms with Gasteiger partial charge < -0.3 is 15.2 Å². The van der Waals surface area contributed by atoms with E-state index in [1.807, 2.05) is 30.3 Å². The first-order valence-corrected chi connectivity index (χ1v) is 7.21. The quantitative estimate of drug-likeness (QED) is 0.884. The molecule has 0 aliphatic rings. The Bertz CT molecular complexity index is 653. The lowest BCUT2D eigenvalue weighted by atomic mass is 10.0. The number of nitrogens with one attached hydrogen (secondary N) is 1. The molecule has 0 aliphatic heterocycles. The molecule has 2 aromatic rings. The molecule has 0 bridgehead atoms. The van der Waals surface area contributed by atoms with Crippen molar-refractivity contribution in [3.05, 3.63) is 52.0 Å². The van der Waals surface area contributed by atoms with Crippen LogP contribution in [0.3, 0.4) is 0 Å². The minimum absolute atomic E-state index is 0.0947. The lowest BCUT2D eigenvalue weighted by Crippen LogP contribution is -2.08. The standard InChI is InChI=1S/C16H16BrNO3/c1-10(19)18-15-9-16(20)14(17)8-12(15)7-11-3-5-13(21-2)6-4-11/h3-6,8-9,20H,7H2,1-2H3,(H,18,19). The second kappa shape index (κ2) is 6.63. The molecule has 1 amide bonds. The van der Waals surface area contributed by atoms with Gasteiger partial charge in [0.25, 0.3) is 0 Å². The molecule has 0 aromatic heterocycles. The summed E-state index contributed by atoms with van der Waals surface area (Å²) in [6, 6.07) is 11.1. The Balaban J connectivity index is 2.32. The molecule has 4 nitrogen and oxygen atoms in total. The van der Waals surface area contributed by atoms with E-state index in [9.17, 15) is 9.90 Å². The van der Waals surface area contributed by atoms with E-state index >= 15 is 0 Å². The van der Waals surface area contributed by atoms with Crippen LogP contribution in [0, 0.1) is 0 Å². The molecule has 5 heteroatoms. The first kappa shape index (κ1) is 15.4. The van der Waals surface area contributed by atoms with Crippen LogP contribution in [-0.4, -0.2) is 18.1 Å². The van der Waals surface area contributed by atoms with Gasteiger partial charge in [-0.05, 0) is 51.7 Å². The van der Waals surface area contributed by atoms with Crippen molar-refractivity contribution < 1.29 is 14.6 Å². The Hall–Kier alpha value is -2.01. The van der Waals surface area contributed by atoms with Crippen molar-refractivity contribution >= 4 is 27.5 Å². The summed E-state index contributed by atoms with van der Waals surface area (Å²) in [7, 11) is 1.63. The Morgan fingerprint density at radius 3 is 2.52 bits per heavy atom. The van der Waals surface area contributed by atoms with Gasteiger partial charge in [-0.25, -0.2) is 0 Å². The van der Waals surface area contributed by atoms with Crippen LogP contribution in [0.2, 0.25) is 0 Å². The second-order valence-electron chi connectivity index (χ2n) is 4.67. The molecule has 2 rings (SSSR count). The number of phenolic OH excluding ortho intramolecular Hbond substituents is 1. The van der Waals surface area contributed by atoms with Gasteiger partial charge in [0, 0.05) is 18.7 Å². The highest BCUT2D eigenvalue weighted by Crippen LogP contribution is 2.32. The minimum Gasteiger partial charge on any atom is -0.507 e. The first-order chi connectivity index (χ1) is 9.99. The third-order valence-electron chi connectivity index (χ3n) is 3.04. The molecule has 0 heterocycles. The Kier molecular flexibility index (Phi) is 4.85. The van der Waals surface area contributed by atoms with E-state index in [1.54, 1.807) is 13.2 Å². The van der Waals surface area contributed by atoms with E-state index in [-0.39, 0.29) is 11.7 Å². The zero-order chi connectivity index (χ0) is 15.4. The molecule has 0 radical (unpaired) electrons. The summed E-state index contributed by atoms with van der Waals surface area (Å²) < 4.78 is 5.73. The molecule has 2 aromatic carbocycles. The molecule has 0 saturated heterocycles. The van der Waals surface area contributed by atoms with Crippen LogP contribution in [0.5, 0.6) is 11.5 Å². The number of amides is 1. The summed E-state index contributed by atoms with van der Waals surface area (Å²) in [6.07, 6.45) is 0.637. The van der Waals surface area contributed by atoms with E-state index in [0.29, 0.717) is 16.6 Å². The third-order valence-corrected chi connectivity index (χ3v) is 3.67. The predicted molar refractivity (Wildman–Crippen MR) is 85.9 cm³/mol. The number of hydrogen-bond acceptors (Lipinski definition) is 3. The van der Waals surface area contributed by atoms with Crippen LogP contribution >= 0.6 is 15.9 Å². The van der Waals surface area contributed by atoms with Crippen molar-refractivity contribution in [2.45, 2.75) is 13.3 Å². The van der Waals surface area contributed by atoms with Crippen LogP contribution in [0.15, 0.2) is 40.9 Å². The smallest absolute Gasteiger partial charge is 0.221 e. The van der Waals surface area contributed by atoms with Crippen LogP contribution in [0.1, 0.15) is 18.1 Å². The zero-order valence-corrected chi connectivity index (χ0v) is 13.4. The number of carbonyl (C=O) groups is 1. The number of methoxy groups -OCH3 is 1. The normalized spacial score (nSPS) is 10.2. The monoisotopic (exact) mass is 349 g/mol. The average Bonchev–Trinajstić information content (AvgIpc) is 2.44. The Morgan fingerprint density at radius 2 is 1.95 bits per heavy atom. The van der Waals surface area contributed by atoms with Crippen LogP contribution in [0.25, 0.3) is 0 Å². The molecule has 0 atom stereocenters. The zero-order valence-electron chi connectivity index (χ0n) is 11.8. The van der Waals surface area contributed by atoms with Crippen molar-refractivity contribution in [1.29, 1.82) is 0 Å². The summed E-state index contributed by atoms with van der Waals surface area (Å²) >= 11 is 3.30. The number of hydrogen-bond donors (Lipinski definition) is 2. The molecule has 0 fully saturated rings. The van der Waals surface area contributed by atoms with Gasteiger partial charge >= 0.3 is 0 Å². The second-order valence-corrected chi connectivity index (χ2v) is 5.52. The average molecular weight is 350 g/mol. The van der Waals surface area contributed by atoms with Gasteiger partial charge in [-0.2, -0.15) is 0 Å². The third kappa shape index (κ3) is 3.98. The molecule has 110 valence electrons. The van der Waals surface area contributed by atoms with Gasteiger partial charge in [0.2, 0.25) is 5.91 Å². The number of benzene rings is 2. The van der Waals surface area contributed by atoms with Gasteiger partial charge in [0.05, 0.1) is 11.6 Å². The van der Waals surface area contributed by atoms with Gasteiger partial charge in [0.1, 0.15) is 11.5 Å². The largest absolute Gasteiger partial charge is 0.507 e.